The van der Waals surface area contributed by atoms with E-state index in [1.54, 1.807) is 22.9 Å². The smallest absolute Gasteiger partial charge is 0.313 e. The standard InChI is InChI=1S/C18H14F2N2O4S/c19-12-3-4-13(20)14(8-12)22-17(24)16(23)21-10-18(25,11-5-7-27-9-11)15-2-1-6-26-15/h1-9,25H,10H2,(H,21,23)(H,22,24). The Bertz CT molecular complexity index is 908. The van der Waals surface area contributed by atoms with Crippen LogP contribution in [-0.2, 0) is 15.2 Å². The van der Waals surface area contributed by atoms with Crippen molar-refractivity contribution in [2.75, 3.05) is 11.9 Å². The van der Waals surface area contributed by atoms with Gasteiger partial charge in [-0.05, 0) is 41.1 Å². The molecule has 27 heavy (non-hydrogen) atoms. The van der Waals surface area contributed by atoms with E-state index in [1.807, 2.05) is 5.32 Å². The average Bonchev–Trinajstić information content (AvgIpc) is 3.36. The van der Waals surface area contributed by atoms with Crippen molar-refractivity contribution < 1.29 is 27.9 Å². The zero-order valence-corrected chi connectivity index (χ0v) is 14.6. The van der Waals surface area contributed by atoms with E-state index >= 15 is 0 Å². The number of hydrogen-bond acceptors (Lipinski definition) is 5. The number of thiophene rings is 1. The van der Waals surface area contributed by atoms with Gasteiger partial charge in [0.1, 0.15) is 17.4 Å². The summed E-state index contributed by atoms with van der Waals surface area (Å²) in [6.45, 7) is -0.366. The maximum Gasteiger partial charge on any atom is 0.313 e. The van der Waals surface area contributed by atoms with Crippen LogP contribution in [0.5, 0.6) is 0 Å². The third-order valence-electron chi connectivity index (χ3n) is 3.82. The molecule has 0 saturated carbocycles. The maximum absolute atomic E-state index is 13.6. The van der Waals surface area contributed by atoms with E-state index in [9.17, 15) is 23.5 Å². The zero-order chi connectivity index (χ0) is 19.4. The van der Waals surface area contributed by atoms with Crippen LogP contribution in [0.25, 0.3) is 0 Å². The minimum atomic E-state index is -1.69. The van der Waals surface area contributed by atoms with Gasteiger partial charge in [0.05, 0.1) is 18.5 Å². The van der Waals surface area contributed by atoms with Crippen LogP contribution in [0, 0.1) is 11.6 Å². The molecule has 2 amide bonds. The Morgan fingerprint density at radius 1 is 1.19 bits per heavy atom. The van der Waals surface area contributed by atoms with Crippen LogP contribution in [0.15, 0.2) is 57.8 Å². The van der Waals surface area contributed by atoms with Crippen LogP contribution in [0.2, 0.25) is 0 Å². The van der Waals surface area contributed by atoms with E-state index in [0.717, 1.165) is 18.2 Å². The molecule has 1 unspecified atom stereocenters. The van der Waals surface area contributed by atoms with Gasteiger partial charge < -0.3 is 20.2 Å². The summed E-state index contributed by atoms with van der Waals surface area (Å²) in [5.74, 6) is -3.80. The van der Waals surface area contributed by atoms with Gasteiger partial charge >= 0.3 is 11.8 Å². The highest BCUT2D eigenvalue weighted by atomic mass is 32.1. The molecule has 0 radical (unpaired) electrons. The summed E-state index contributed by atoms with van der Waals surface area (Å²) in [6, 6.07) is 7.23. The molecule has 140 valence electrons. The minimum absolute atomic E-state index is 0.179. The van der Waals surface area contributed by atoms with Gasteiger partial charge in [0, 0.05) is 11.6 Å². The van der Waals surface area contributed by atoms with Crippen molar-refractivity contribution in [2.24, 2.45) is 0 Å². The fourth-order valence-electron chi connectivity index (χ4n) is 2.41. The van der Waals surface area contributed by atoms with Crippen LogP contribution in [0.1, 0.15) is 11.3 Å². The Morgan fingerprint density at radius 2 is 2.00 bits per heavy atom. The molecule has 2 heterocycles. The lowest BCUT2D eigenvalue weighted by molar-refractivity contribution is -0.136. The van der Waals surface area contributed by atoms with Crippen molar-refractivity contribution in [2.45, 2.75) is 5.60 Å². The van der Waals surface area contributed by atoms with E-state index in [4.69, 9.17) is 4.42 Å². The van der Waals surface area contributed by atoms with Crippen LogP contribution < -0.4 is 10.6 Å². The molecule has 0 fully saturated rings. The molecule has 6 nitrogen and oxygen atoms in total. The maximum atomic E-state index is 13.6. The number of halogens is 2. The van der Waals surface area contributed by atoms with Gasteiger partial charge in [-0.2, -0.15) is 11.3 Å². The first-order valence-corrected chi connectivity index (χ1v) is 8.68. The highest BCUT2D eigenvalue weighted by Gasteiger charge is 2.36. The fraction of sp³-hybridized carbons (Fsp3) is 0.111. The van der Waals surface area contributed by atoms with Crippen LogP contribution in [0.3, 0.4) is 0 Å². The monoisotopic (exact) mass is 392 g/mol. The quantitative estimate of drug-likeness (QED) is 0.582. The largest absolute Gasteiger partial charge is 0.466 e. The molecule has 0 aliphatic heterocycles. The SMILES string of the molecule is O=C(NCC(O)(c1ccsc1)c1ccco1)C(=O)Nc1cc(F)ccc1F. The number of hydrogen-bond donors (Lipinski definition) is 3. The number of benzene rings is 1. The lowest BCUT2D eigenvalue weighted by atomic mass is 9.93. The van der Waals surface area contributed by atoms with Gasteiger partial charge in [0.15, 0.2) is 5.60 Å². The molecular weight excluding hydrogens is 378 g/mol. The average molecular weight is 392 g/mol. The summed E-state index contributed by atoms with van der Waals surface area (Å²) < 4.78 is 32.0. The van der Waals surface area contributed by atoms with Gasteiger partial charge in [-0.1, -0.05) is 0 Å². The summed E-state index contributed by atoms with van der Waals surface area (Å²) in [5.41, 5.74) is -1.68. The predicted molar refractivity (Wildman–Crippen MR) is 94.0 cm³/mol. The number of carbonyl (C=O) groups excluding carboxylic acids is 2. The third-order valence-corrected chi connectivity index (χ3v) is 4.50. The number of carbonyl (C=O) groups is 2. The molecule has 3 N–H and O–H groups in total. The summed E-state index contributed by atoms with van der Waals surface area (Å²) in [7, 11) is 0. The zero-order valence-electron chi connectivity index (χ0n) is 13.7. The Kier molecular flexibility index (Phi) is 5.33. The molecule has 0 bridgehead atoms. The predicted octanol–water partition coefficient (Wildman–Crippen LogP) is 2.61. The first kappa shape index (κ1) is 18.7. The van der Waals surface area contributed by atoms with Crippen LogP contribution >= 0.6 is 11.3 Å². The lowest BCUT2D eigenvalue weighted by Crippen LogP contribution is -2.45. The highest BCUT2D eigenvalue weighted by molar-refractivity contribution is 7.08. The van der Waals surface area contributed by atoms with Crippen LogP contribution in [0.4, 0.5) is 14.5 Å². The molecular formula is C18H14F2N2O4S. The number of nitrogens with one attached hydrogen (secondary N) is 2. The van der Waals surface area contributed by atoms with Crippen molar-refractivity contribution >= 4 is 28.8 Å². The molecule has 2 aromatic heterocycles. The van der Waals surface area contributed by atoms with Crippen LogP contribution in [-0.4, -0.2) is 23.5 Å². The van der Waals surface area contributed by atoms with Crippen molar-refractivity contribution in [1.29, 1.82) is 0 Å². The van der Waals surface area contributed by atoms with Crippen molar-refractivity contribution in [1.82, 2.24) is 5.32 Å². The van der Waals surface area contributed by atoms with Gasteiger partial charge in [-0.3, -0.25) is 9.59 Å². The number of amides is 2. The number of anilines is 1. The summed E-state index contributed by atoms with van der Waals surface area (Å²) in [4.78, 5) is 24.0. The molecule has 9 heteroatoms. The second-order valence-electron chi connectivity index (χ2n) is 5.61. The molecule has 3 rings (SSSR count). The molecule has 1 aromatic carbocycles. The van der Waals surface area contributed by atoms with E-state index in [2.05, 4.69) is 5.32 Å². The van der Waals surface area contributed by atoms with E-state index in [1.165, 1.54) is 23.7 Å². The van der Waals surface area contributed by atoms with Gasteiger partial charge in [0.25, 0.3) is 0 Å². The van der Waals surface area contributed by atoms with E-state index in [0.29, 0.717) is 5.56 Å². The second kappa shape index (κ2) is 7.68. The van der Waals surface area contributed by atoms with E-state index < -0.39 is 34.7 Å². The lowest BCUT2D eigenvalue weighted by Gasteiger charge is -2.25. The van der Waals surface area contributed by atoms with Gasteiger partial charge in [-0.15, -0.1) is 0 Å². The first-order valence-electron chi connectivity index (χ1n) is 7.73. The van der Waals surface area contributed by atoms with E-state index in [-0.39, 0.29) is 12.3 Å². The third kappa shape index (κ3) is 4.04. The molecule has 1 atom stereocenters. The molecule has 3 aromatic rings. The molecule has 0 spiro atoms. The second-order valence-corrected chi connectivity index (χ2v) is 6.39. The van der Waals surface area contributed by atoms with Crippen molar-refractivity contribution in [3.63, 3.8) is 0 Å². The molecule has 0 saturated heterocycles. The van der Waals surface area contributed by atoms with Crippen molar-refractivity contribution in [3.05, 3.63) is 76.4 Å². The first-order chi connectivity index (χ1) is 12.9. The molecule has 0 aliphatic carbocycles. The highest BCUT2D eigenvalue weighted by Crippen LogP contribution is 2.31. The van der Waals surface area contributed by atoms with Gasteiger partial charge in [-0.25, -0.2) is 8.78 Å². The summed E-state index contributed by atoms with van der Waals surface area (Å²) in [6.07, 6.45) is 1.37. The number of furan rings is 1. The fourth-order valence-corrected chi connectivity index (χ4v) is 3.13. The Balaban J connectivity index is 1.71. The summed E-state index contributed by atoms with van der Waals surface area (Å²) >= 11 is 1.34. The Hall–Kier alpha value is -3.04. The Morgan fingerprint density at radius 3 is 2.67 bits per heavy atom. The topological polar surface area (TPSA) is 91.6 Å². The number of rotatable bonds is 5. The Labute approximate surface area is 156 Å². The summed E-state index contributed by atoms with van der Waals surface area (Å²) in [5, 5.41) is 18.7. The van der Waals surface area contributed by atoms with Crippen molar-refractivity contribution in [3.8, 4) is 0 Å². The normalized spacial score (nSPS) is 13.0. The molecule has 0 aliphatic rings. The van der Waals surface area contributed by atoms with Gasteiger partial charge in [0.2, 0.25) is 0 Å². The minimum Gasteiger partial charge on any atom is -0.466 e. The number of aliphatic hydroxyl groups is 1.